The van der Waals surface area contributed by atoms with Crippen molar-refractivity contribution < 1.29 is 166 Å². The van der Waals surface area contributed by atoms with Crippen molar-refractivity contribution in [2.24, 2.45) is 0 Å². The first-order chi connectivity index (χ1) is 49.1. The van der Waals surface area contributed by atoms with Crippen LogP contribution in [-0.2, 0) is 166 Å². The summed E-state index contributed by atoms with van der Waals surface area (Å²) >= 11 is 6.95. The molecule has 21 rings (SSSR count). The van der Waals surface area contributed by atoms with Gasteiger partial charge in [0, 0.05) is 142 Å². The molecule has 0 aromatic carbocycles. The van der Waals surface area contributed by atoms with Crippen LogP contribution in [0, 0.1) is 0 Å². The molecule has 0 unspecified atom stereocenters. The third-order valence-electron chi connectivity index (χ3n) is 19.4. The minimum absolute atomic E-state index is 0.0440. The molecule has 0 amide bonds. The van der Waals surface area contributed by atoms with Gasteiger partial charge in [0.2, 0.25) is 4.38 Å². The molecular weight excluding hydrogens is 1390 g/mol. The number of methoxy groups -OCH3 is 20. The fourth-order valence-electron chi connectivity index (χ4n) is 14.9. The summed E-state index contributed by atoms with van der Waals surface area (Å²) < 4.78 is 227. The molecular formula is C64H112O35S2. The zero-order valence-corrected chi connectivity index (χ0v) is 63.4. The summed E-state index contributed by atoms with van der Waals surface area (Å²) in [6, 6.07) is 0. The summed E-state index contributed by atoms with van der Waals surface area (Å²) in [7, 11) is 30.1. The number of ether oxygens (including phenoxy) is 35. The molecule has 21 aliphatic rings. The second kappa shape index (κ2) is 42.2. The van der Waals surface area contributed by atoms with Crippen LogP contribution < -0.4 is 0 Å². The first-order valence-electron chi connectivity index (χ1n) is 33.3. The second-order valence-corrected chi connectivity index (χ2v) is 26.2. The molecule has 14 bridgehead atoms. The highest BCUT2D eigenvalue weighted by atomic mass is 32.2. The number of rotatable bonds is 28. The van der Waals surface area contributed by atoms with Crippen molar-refractivity contribution >= 4 is 28.4 Å². The van der Waals surface area contributed by atoms with Crippen molar-refractivity contribution in [1.29, 1.82) is 0 Å². The van der Waals surface area contributed by atoms with Crippen molar-refractivity contribution in [1.82, 2.24) is 0 Å². The van der Waals surface area contributed by atoms with Crippen LogP contribution in [0.25, 0.3) is 0 Å². The topological polar surface area (TPSA) is 323 Å². The lowest BCUT2D eigenvalue weighted by Crippen LogP contribution is -2.69. The van der Waals surface area contributed by atoms with Gasteiger partial charge in [0.05, 0.1) is 46.2 Å². The van der Waals surface area contributed by atoms with Crippen LogP contribution in [-0.4, -0.2) is 414 Å². The summed E-state index contributed by atoms with van der Waals surface area (Å²) in [5.74, 6) is 0. The predicted octanol–water partition coefficient (Wildman–Crippen LogP) is -0.476. The molecule has 0 saturated carbocycles. The third-order valence-corrected chi connectivity index (χ3v) is 20.5. The number of thiocarbonyl (C=S) groups is 1. The van der Waals surface area contributed by atoms with Crippen LogP contribution in [0.2, 0.25) is 0 Å². The first-order valence-corrected chi connectivity index (χ1v) is 34.9. The van der Waals surface area contributed by atoms with Gasteiger partial charge in [-0.05, 0) is 18.5 Å². The zero-order chi connectivity index (χ0) is 73.2. The molecule has 0 radical (unpaired) electrons. The lowest BCUT2D eigenvalue weighted by molar-refractivity contribution is -0.402. The third kappa shape index (κ3) is 19.2. The smallest absolute Gasteiger partial charge is 0.220 e. The molecule has 37 heteroatoms. The van der Waals surface area contributed by atoms with E-state index in [-0.39, 0.29) is 50.6 Å². The van der Waals surface area contributed by atoms with E-state index in [1.165, 1.54) is 154 Å². The minimum Gasteiger partial charge on any atom is -0.467 e. The maximum atomic E-state index is 7.11. The molecule has 21 aliphatic heterocycles. The van der Waals surface area contributed by atoms with Crippen molar-refractivity contribution in [3.8, 4) is 0 Å². The van der Waals surface area contributed by atoms with Crippen LogP contribution in [0.1, 0.15) is 0 Å². The maximum absolute atomic E-state index is 7.11. The minimum atomic E-state index is -1.33. The standard InChI is InChI=1S/C64H112O35S2/c1-65-22-29-36-43(72-8)50(79-15)58(85-29)93-38-31(24-67-3)87-60(52(81-17)45(38)74-10)95-40-33(26-69-5)89-62(54(83-19)47(40)76-12)97-42-35(28-71-7)91-63(56(49(42)78-14)99-64(100)101-21)98-41-34(27-70-6)90-61(55(84-20)48(41)77-13)96-39-32(25-68-4)88-59(53(82-18)46(39)75-11)94-37-30(23-66-2)86-57(92-36)51(80-16)44(37)73-9/h29-63H,22-28H2,1-21H3/t29-,30-,31-,32-,33-,34-,35-,36-,37-,38-,39-,40-,41-,42-,43+,44+,45+,46+,47+,48-,49+,50-,51-,52-,53+,54-,55+,56-,57-,58-,59-,60-,61-,62-,63-/m1/s1. The first kappa shape index (κ1) is 85.5. The lowest BCUT2D eigenvalue weighted by Gasteiger charge is -2.52. The Morgan fingerprint density at radius 3 is 0.485 bits per heavy atom. The van der Waals surface area contributed by atoms with Gasteiger partial charge >= 0.3 is 0 Å². The molecule has 35 atom stereocenters. The van der Waals surface area contributed by atoms with Crippen LogP contribution in [0.5, 0.6) is 0 Å². The van der Waals surface area contributed by atoms with E-state index in [4.69, 9.17) is 178 Å². The van der Waals surface area contributed by atoms with Crippen LogP contribution in [0.4, 0.5) is 0 Å². The van der Waals surface area contributed by atoms with Gasteiger partial charge in [-0.1, -0.05) is 11.8 Å². The lowest BCUT2D eigenvalue weighted by atomic mass is 9.94. The molecule has 590 valence electrons. The summed E-state index contributed by atoms with van der Waals surface area (Å²) in [6.45, 7) is -0.393. The molecule has 0 aromatic heterocycles. The van der Waals surface area contributed by atoms with Gasteiger partial charge in [0.1, 0.15) is 165 Å². The van der Waals surface area contributed by atoms with E-state index in [9.17, 15) is 0 Å². The van der Waals surface area contributed by atoms with E-state index in [0.29, 0.717) is 0 Å². The van der Waals surface area contributed by atoms with E-state index < -0.39 is 215 Å². The van der Waals surface area contributed by atoms with Crippen molar-refractivity contribution in [2.45, 2.75) is 215 Å². The van der Waals surface area contributed by atoms with Gasteiger partial charge in [0.25, 0.3) is 0 Å². The van der Waals surface area contributed by atoms with Gasteiger partial charge in [-0.25, -0.2) is 0 Å². The molecule has 0 N–H and O–H groups in total. The highest BCUT2D eigenvalue weighted by molar-refractivity contribution is 8.22. The molecule has 35 nitrogen and oxygen atoms in total. The SMILES string of the molecule is COC[C@H]1O[C@@H]2O[C@H]3[C@H](OC)[C@@H](OC)[C@@H](O[C@H]4[C@H](OC)[C@@H](OC)[C@@H](O[C@H]5[C@H](OC)[C@@H](OC)[C@@H](O[C@H]6[C@H](OC)[C@@H](OC)[C@@H](O[C@H]7[C@H](OC)[C@@H](OC(=S)SC)[C@@H](O[C@H]8[C@@H](OC)[C@H](OC)[C@@H](O[C@H]1[C@H](OC)[C@@H]2OC)O[C@@H]8COC)O[C@@H]7COC)O[C@@H]6COC)O[C@@H]5COC)O[C@@H]4COC)O[C@@H]3COC. The molecule has 21 saturated heterocycles. The molecule has 0 aliphatic carbocycles. The van der Waals surface area contributed by atoms with Gasteiger partial charge < -0.3 is 166 Å². The average Bonchev–Trinajstić information content (AvgIpc) is 0.778. The van der Waals surface area contributed by atoms with E-state index in [0.717, 1.165) is 0 Å². The Balaban J connectivity index is 1.25. The fourth-order valence-corrected chi connectivity index (χ4v) is 15.2. The monoisotopic (exact) mass is 1500 g/mol. The quantitative estimate of drug-likeness (QED) is 0.0894. The Hall–Kier alpha value is -1.12. The van der Waals surface area contributed by atoms with Gasteiger partial charge in [-0.2, -0.15) is 0 Å². The normalized spacial score (nSPS) is 45.0. The molecule has 101 heavy (non-hydrogen) atoms. The van der Waals surface area contributed by atoms with Gasteiger partial charge in [-0.3, -0.25) is 0 Å². The van der Waals surface area contributed by atoms with E-state index in [1.54, 1.807) is 6.26 Å². The Labute approximate surface area is 601 Å². The van der Waals surface area contributed by atoms with Crippen LogP contribution in [0.3, 0.4) is 0 Å². The number of hydrogen-bond acceptors (Lipinski definition) is 37. The highest BCUT2D eigenvalue weighted by Gasteiger charge is 2.62. The Morgan fingerprint density at radius 1 is 0.218 bits per heavy atom. The molecule has 21 fully saturated rings. The fraction of sp³-hybridized carbons (Fsp3) is 0.984. The summed E-state index contributed by atoms with van der Waals surface area (Å²) in [4.78, 5) is 0. The van der Waals surface area contributed by atoms with Crippen molar-refractivity contribution in [2.75, 3.05) is 195 Å². The second-order valence-electron chi connectivity index (χ2n) is 24.8. The largest absolute Gasteiger partial charge is 0.467 e. The Morgan fingerprint density at radius 2 is 0.356 bits per heavy atom. The number of thioether (sulfide) groups is 1. The van der Waals surface area contributed by atoms with Crippen LogP contribution >= 0.6 is 24.0 Å². The van der Waals surface area contributed by atoms with Gasteiger partial charge in [0.15, 0.2) is 50.1 Å². The summed E-state index contributed by atoms with van der Waals surface area (Å²) in [5.41, 5.74) is 0. The highest BCUT2D eigenvalue weighted by Crippen LogP contribution is 2.43. The predicted molar refractivity (Wildman–Crippen MR) is 349 cm³/mol. The zero-order valence-electron chi connectivity index (χ0n) is 61.8. The Bertz CT molecular complexity index is 2340. The van der Waals surface area contributed by atoms with E-state index in [2.05, 4.69) is 0 Å². The van der Waals surface area contributed by atoms with E-state index >= 15 is 0 Å². The molecule has 0 aromatic rings. The van der Waals surface area contributed by atoms with E-state index in [1.807, 2.05) is 0 Å². The summed E-state index contributed by atoms with van der Waals surface area (Å²) in [6.07, 6.45) is -35.3. The number of hydrogen-bond donors (Lipinski definition) is 0. The maximum Gasteiger partial charge on any atom is 0.220 e. The van der Waals surface area contributed by atoms with Crippen molar-refractivity contribution in [3.63, 3.8) is 0 Å². The van der Waals surface area contributed by atoms with Crippen molar-refractivity contribution in [3.05, 3.63) is 0 Å². The molecule has 21 heterocycles. The van der Waals surface area contributed by atoms with Crippen LogP contribution in [0.15, 0.2) is 0 Å². The average molecular weight is 1510 g/mol. The molecule has 0 spiro atoms. The Kier molecular flexibility index (Phi) is 35.7. The van der Waals surface area contributed by atoms with Gasteiger partial charge in [-0.15, -0.1) is 0 Å². The summed E-state index contributed by atoms with van der Waals surface area (Å²) in [5, 5.41) is 0.